The van der Waals surface area contributed by atoms with Gasteiger partial charge in [0, 0.05) is 6.92 Å². The molecule has 0 heterocycles. The molecule has 1 unspecified atom stereocenters. The van der Waals surface area contributed by atoms with Gasteiger partial charge in [-0.2, -0.15) is 4.21 Å². The van der Waals surface area contributed by atoms with Crippen molar-refractivity contribution in [2.75, 3.05) is 6.61 Å². The fourth-order valence-electron chi connectivity index (χ4n) is 0.203. The zero-order valence-corrected chi connectivity index (χ0v) is 9.05. The Labute approximate surface area is 90.1 Å². The molecule has 0 radical (unpaired) electrons. The summed E-state index contributed by atoms with van der Waals surface area (Å²) in [5, 5.41) is 0. The molecule has 0 fully saturated rings. The van der Waals surface area contributed by atoms with Crippen LogP contribution in [0.15, 0.2) is 0 Å². The van der Waals surface area contributed by atoms with Crippen molar-refractivity contribution >= 4 is 23.6 Å². The van der Waals surface area contributed by atoms with Gasteiger partial charge in [0.1, 0.15) is 12.9 Å². The molecular formula is C4H7NaO5S. The Hall–Kier alpha value is 0.250. The third-order valence-electron chi connectivity index (χ3n) is 0.418. The van der Waals surface area contributed by atoms with E-state index >= 15 is 0 Å². The standard InChI is InChI=1S/C4H6O5S.Na.H/c1-4(6)9-10(7)8-3-2-5;;/h2H,3H2,1H3;;/q;+1;-1. The first kappa shape index (κ1) is 13.8. The van der Waals surface area contributed by atoms with E-state index in [0.29, 0.717) is 6.29 Å². The van der Waals surface area contributed by atoms with Crippen LogP contribution in [0.3, 0.4) is 0 Å². The van der Waals surface area contributed by atoms with E-state index in [9.17, 15) is 13.8 Å². The molecule has 0 aliphatic rings. The van der Waals surface area contributed by atoms with Gasteiger partial charge < -0.3 is 10.4 Å². The van der Waals surface area contributed by atoms with Gasteiger partial charge in [0.2, 0.25) is 0 Å². The Morgan fingerprint density at radius 2 is 2.27 bits per heavy atom. The smallest absolute Gasteiger partial charge is 1.00 e. The number of aldehydes is 1. The average molecular weight is 190 g/mol. The van der Waals surface area contributed by atoms with Crippen molar-refractivity contribution in [3.63, 3.8) is 0 Å². The van der Waals surface area contributed by atoms with Gasteiger partial charge in [0.05, 0.1) is 0 Å². The van der Waals surface area contributed by atoms with Gasteiger partial charge in [0.15, 0.2) is 0 Å². The fourth-order valence-corrected chi connectivity index (χ4v) is 0.610. The van der Waals surface area contributed by atoms with Crippen LogP contribution in [-0.4, -0.2) is 23.1 Å². The van der Waals surface area contributed by atoms with Crippen LogP contribution in [-0.2, 0) is 29.3 Å². The minimum Gasteiger partial charge on any atom is -1.00 e. The van der Waals surface area contributed by atoms with Gasteiger partial charge in [-0.1, -0.05) is 0 Å². The Morgan fingerprint density at radius 3 is 2.64 bits per heavy atom. The minimum atomic E-state index is -2.13. The maximum atomic E-state index is 10.3. The van der Waals surface area contributed by atoms with Gasteiger partial charge in [0.25, 0.3) is 0 Å². The molecule has 60 valence electrons. The second-order valence-electron chi connectivity index (χ2n) is 1.23. The van der Waals surface area contributed by atoms with Crippen LogP contribution >= 0.6 is 0 Å². The zero-order chi connectivity index (χ0) is 7.98. The number of carbonyl (C=O) groups excluding carboxylic acids is 2. The number of carbonyl (C=O) groups is 2. The summed E-state index contributed by atoms with van der Waals surface area (Å²) in [4.78, 5) is 19.6. The Morgan fingerprint density at radius 1 is 1.73 bits per heavy atom. The third kappa shape index (κ3) is 10.2. The van der Waals surface area contributed by atoms with Crippen LogP contribution < -0.4 is 29.6 Å². The Balaban J connectivity index is -0.000000405. The van der Waals surface area contributed by atoms with Crippen molar-refractivity contribution in [1.82, 2.24) is 0 Å². The van der Waals surface area contributed by atoms with E-state index in [0.717, 1.165) is 6.92 Å². The first-order valence-corrected chi connectivity index (χ1v) is 3.34. The fraction of sp³-hybridized carbons (Fsp3) is 0.500. The molecule has 0 aromatic rings. The molecule has 1 atom stereocenters. The van der Waals surface area contributed by atoms with Crippen LogP contribution in [0, 0.1) is 0 Å². The Kier molecular flexibility index (Phi) is 10.5. The van der Waals surface area contributed by atoms with Crippen LogP contribution in [0.1, 0.15) is 8.35 Å². The summed E-state index contributed by atoms with van der Waals surface area (Å²) < 4.78 is 18.5. The average Bonchev–Trinajstić information content (AvgIpc) is 1.82. The second kappa shape index (κ2) is 8.35. The molecule has 11 heavy (non-hydrogen) atoms. The number of hydrogen-bond donors (Lipinski definition) is 0. The van der Waals surface area contributed by atoms with E-state index in [-0.39, 0.29) is 37.6 Å². The number of hydrogen-bond acceptors (Lipinski definition) is 5. The van der Waals surface area contributed by atoms with E-state index in [1.165, 1.54) is 0 Å². The molecule has 5 nitrogen and oxygen atoms in total. The third-order valence-corrected chi connectivity index (χ3v) is 1.12. The molecule has 0 spiro atoms. The van der Waals surface area contributed by atoms with E-state index in [4.69, 9.17) is 0 Å². The summed E-state index contributed by atoms with van der Waals surface area (Å²) in [6.07, 6.45) is 0.404. The van der Waals surface area contributed by atoms with Crippen LogP contribution in [0.5, 0.6) is 0 Å². The molecule has 0 saturated heterocycles. The van der Waals surface area contributed by atoms with Crippen molar-refractivity contribution < 1.29 is 53.1 Å². The second-order valence-corrected chi connectivity index (χ2v) is 2.04. The SMILES string of the molecule is CC(=O)OS(=O)OCC=O.[H-].[Na+]. The molecule has 0 rings (SSSR count). The first-order valence-electron chi connectivity index (χ1n) is 2.34. The monoisotopic (exact) mass is 190 g/mol. The molecular weight excluding hydrogens is 183 g/mol. The molecule has 0 bridgehead atoms. The molecule has 0 amide bonds. The summed E-state index contributed by atoms with van der Waals surface area (Å²) in [7, 11) is 0. The molecule has 0 aromatic carbocycles. The summed E-state index contributed by atoms with van der Waals surface area (Å²) >= 11 is -2.13. The Bertz CT molecular complexity index is 164. The maximum Gasteiger partial charge on any atom is 1.00 e. The van der Waals surface area contributed by atoms with Crippen molar-refractivity contribution in [3.8, 4) is 0 Å². The molecule has 0 aliphatic carbocycles. The molecule has 0 saturated carbocycles. The largest absolute Gasteiger partial charge is 1.00 e. The summed E-state index contributed by atoms with van der Waals surface area (Å²) in [6, 6.07) is 0. The quantitative estimate of drug-likeness (QED) is 0.339. The number of rotatable bonds is 4. The van der Waals surface area contributed by atoms with E-state index in [2.05, 4.69) is 8.37 Å². The maximum absolute atomic E-state index is 10.3. The van der Waals surface area contributed by atoms with Gasteiger partial charge in [-0.15, -0.1) is 0 Å². The van der Waals surface area contributed by atoms with Crippen LogP contribution in [0.2, 0.25) is 0 Å². The molecule has 7 heteroatoms. The van der Waals surface area contributed by atoms with E-state index in [1.54, 1.807) is 0 Å². The summed E-state index contributed by atoms with van der Waals surface area (Å²) in [6.45, 7) is 0.738. The van der Waals surface area contributed by atoms with E-state index in [1.807, 2.05) is 0 Å². The van der Waals surface area contributed by atoms with Crippen LogP contribution in [0.4, 0.5) is 0 Å². The normalized spacial score (nSPS) is 11.0. The topological polar surface area (TPSA) is 69.7 Å². The zero-order valence-electron chi connectivity index (χ0n) is 7.23. The molecule has 0 aliphatic heterocycles. The van der Waals surface area contributed by atoms with E-state index < -0.39 is 17.3 Å². The predicted octanol–water partition coefficient (Wildman–Crippen LogP) is -3.54. The summed E-state index contributed by atoms with van der Waals surface area (Å²) in [5.74, 6) is -0.718. The minimum absolute atomic E-state index is 0. The van der Waals surface area contributed by atoms with Crippen molar-refractivity contribution in [3.05, 3.63) is 0 Å². The van der Waals surface area contributed by atoms with Crippen molar-refractivity contribution in [2.24, 2.45) is 0 Å². The first-order chi connectivity index (χ1) is 4.66. The summed E-state index contributed by atoms with van der Waals surface area (Å²) in [5.41, 5.74) is 0. The van der Waals surface area contributed by atoms with Gasteiger partial charge in [-0.05, 0) is 0 Å². The van der Waals surface area contributed by atoms with Crippen molar-refractivity contribution in [2.45, 2.75) is 6.92 Å². The van der Waals surface area contributed by atoms with Gasteiger partial charge >= 0.3 is 46.9 Å². The van der Waals surface area contributed by atoms with Gasteiger partial charge in [-0.3, -0.25) is 8.98 Å². The molecule has 0 N–H and O–H groups in total. The predicted molar refractivity (Wildman–Crippen MR) is 33.0 cm³/mol. The van der Waals surface area contributed by atoms with Gasteiger partial charge in [-0.25, -0.2) is 0 Å². The van der Waals surface area contributed by atoms with Crippen LogP contribution in [0.25, 0.3) is 0 Å². The van der Waals surface area contributed by atoms with Crippen molar-refractivity contribution in [1.29, 1.82) is 0 Å². The molecule has 0 aromatic heterocycles.